The van der Waals surface area contributed by atoms with Crippen LogP contribution in [0.4, 0.5) is 10.5 Å². The molecule has 0 saturated heterocycles. The number of hydrogen-bond donors (Lipinski definition) is 2. The number of ether oxygens (including phenoxy) is 2. The molecule has 0 aliphatic carbocycles. The van der Waals surface area contributed by atoms with E-state index in [0.29, 0.717) is 10.7 Å². The molecule has 0 bridgehead atoms. The van der Waals surface area contributed by atoms with Crippen LogP contribution in [-0.2, 0) is 14.3 Å². The van der Waals surface area contributed by atoms with Crippen LogP contribution >= 0.6 is 11.6 Å². The van der Waals surface area contributed by atoms with E-state index in [-0.39, 0.29) is 12.6 Å². The maximum Gasteiger partial charge on any atom is 0.326 e. The Labute approximate surface area is 108 Å². The van der Waals surface area contributed by atoms with Crippen LogP contribution in [0.1, 0.15) is 0 Å². The van der Waals surface area contributed by atoms with E-state index < -0.39 is 11.9 Å². The maximum absolute atomic E-state index is 11.5. The molecule has 0 fully saturated rings. The standard InChI is InChI=1S/C11H9ClN2O4/c12-7-1-3-8(4-2-7)13-11(16)14-10(15)9-5-17-6-18-9/h1-5H,6H2,(H2,13,14,15,16). The first-order chi connectivity index (χ1) is 8.65. The van der Waals surface area contributed by atoms with Crippen molar-refractivity contribution in [2.45, 2.75) is 0 Å². The van der Waals surface area contributed by atoms with Gasteiger partial charge in [-0.2, -0.15) is 0 Å². The van der Waals surface area contributed by atoms with Crippen molar-refractivity contribution in [3.8, 4) is 0 Å². The molecule has 1 heterocycles. The number of carbonyl (C=O) groups is 2. The number of benzene rings is 1. The average Bonchev–Trinajstić information content (AvgIpc) is 2.85. The largest absolute Gasteiger partial charge is 0.461 e. The van der Waals surface area contributed by atoms with E-state index >= 15 is 0 Å². The fourth-order valence-electron chi connectivity index (χ4n) is 1.22. The number of carbonyl (C=O) groups excluding carboxylic acids is 2. The van der Waals surface area contributed by atoms with Gasteiger partial charge in [-0.1, -0.05) is 11.6 Å². The van der Waals surface area contributed by atoms with Crippen molar-refractivity contribution in [1.29, 1.82) is 0 Å². The maximum atomic E-state index is 11.5. The van der Waals surface area contributed by atoms with E-state index in [0.717, 1.165) is 6.26 Å². The highest BCUT2D eigenvalue weighted by atomic mass is 35.5. The Morgan fingerprint density at radius 1 is 1.22 bits per heavy atom. The second kappa shape index (κ2) is 5.42. The molecule has 0 spiro atoms. The highest BCUT2D eigenvalue weighted by molar-refractivity contribution is 6.30. The van der Waals surface area contributed by atoms with Crippen molar-refractivity contribution in [1.82, 2.24) is 5.32 Å². The van der Waals surface area contributed by atoms with Gasteiger partial charge in [0, 0.05) is 10.7 Å². The van der Waals surface area contributed by atoms with Crippen LogP contribution in [0.3, 0.4) is 0 Å². The molecule has 1 aromatic rings. The zero-order valence-electron chi connectivity index (χ0n) is 9.10. The second-order valence-corrected chi connectivity index (χ2v) is 3.76. The Balaban J connectivity index is 1.88. The SMILES string of the molecule is O=C(NC(=O)C1=COCO1)Nc1ccc(Cl)cc1. The third kappa shape index (κ3) is 3.14. The number of halogens is 1. The lowest BCUT2D eigenvalue weighted by molar-refractivity contribution is -0.119. The van der Waals surface area contributed by atoms with E-state index in [9.17, 15) is 9.59 Å². The van der Waals surface area contributed by atoms with Crippen molar-refractivity contribution in [3.05, 3.63) is 41.3 Å². The molecule has 0 atom stereocenters. The fraction of sp³-hybridized carbons (Fsp3) is 0.0909. The predicted octanol–water partition coefficient (Wildman–Crippen LogP) is 1.83. The average molecular weight is 269 g/mol. The Hall–Kier alpha value is -2.21. The number of imide groups is 1. The summed E-state index contributed by atoms with van der Waals surface area (Å²) in [5.41, 5.74) is 0.516. The quantitative estimate of drug-likeness (QED) is 0.858. The Bertz CT molecular complexity index is 498. The van der Waals surface area contributed by atoms with Gasteiger partial charge < -0.3 is 14.8 Å². The highest BCUT2D eigenvalue weighted by Gasteiger charge is 2.18. The van der Waals surface area contributed by atoms with Crippen molar-refractivity contribution >= 4 is 29.2 Å². The fourth-order valence-corrected chi connectivity index (χ4v) is 1.35. The van der Waals surface area contributed by atoms with Crippen LogP contribution in [0.25, 0.3) is 0 Å². The van der Waals surface area contributed by atoms with Gasteiger partial charge >= 0.3 is 6.03 Å². The minimum Gasteiger partial charge on any atom is -0.461 e. The molecule has 94 valence electrons. The summed E-state index contributed by atoms with van der Waals surface area (Å²) in [5.74, 6) is -0.708. The minimum atomic E-state index is -0.668. The van der Waals surface area contributed by atoms with E-state index in [1.807, 2.05) is 0 Å². The summed E-state index contributed by atoms with van der Waals surface area (Å²) in [5, 5.41) is 5.11. The lowest BCUT2D eigenvalue weighted by atomic mass is 10.3. The smallest absolute Gasteiger partial charge is 0.326 e. The van der Waals surface area contributed by atoms with Crippen molar-refractivity contribution < 1.29 is 19.1 Å². The predicted molar refractivity (Wildman–Crippen MR) is 63.7 cm³/mol. The van der Waals surface area contributed by atoms with Gasteiger partial charge in [-0.25, -0.2) is 4.79 Å². The molecular weight excluding hydrogens is 260 g/mol. The van der Waals surface area contributed by atoms with E-state index in [1.54, 1.807) is 24.3 Å². The molecule has 1 aliphatic heterocycles. The van der Waals surface area contributed by atoms with Crippen LogP contribution < -0.4 is 10.6 Å². The van der Waals surface area contributed by atoms with Gasteiger partial charge in [-0.05, 0) is 24.3 Å². The minimum absolute atomic E-state index is 0.0262. The van der Waals surface area contributed by atoms with Crippen LogP contribution in [-0.4, -0.2) is 18.7 Å². The molecule has 2 rings (SSSR count). The number of urea groups is 1. The molecule has 7 heteroatoms. The third-order valence-corrected chi connectivity index (χ3v) is 2.28. The van der Waals surface area contributed by atoms with Crippen LogP contribution in [0.15, 0.2) is 36.3 Å². The lowest BCUT2D eigenvalue weighted by Gasteiger charge is -2.06. The summed E-state index contributed by atoms with van der Waals surface area (Å²) in [6.45, 7) is -0.0262. The summed E-state index contributed by atoms with van der Waals surface area (Å²) in [7, 11) is 0. The van der Waals surface area contributed by atoms with Gasteiger partial charge in [-0.15, -0.1) is 0 Å². The van der Waals surface area contributed by atoms with E-state index in [1.165, 1.54) is 0 Å². The Morgan fingerprint density at radius 3 is 2.56 bits per heavy atom. The van der Waals surface area contributed by atoms with Gasteiger partial charge in [0.1, 0.15) is 6.26 Å². The van der Waals surface area contributed by atoms with Crippen molar-refractivity contribution in [2.24, 2.45) is 0 Å². The van der Waals surface area contributed by atoms with Crippen molar-refractivity contribution in [3.63, 3.8) is 0 Å². The number of anilines is 1. The van der Waals surface area contributed by atoms with Gasteiger partial charge in [0.15, 0.2) is 0 Å². The third-order valence-electron chi connectivity index (χ3n) is 2.03. The molecule has 0 saturated carbocycles. The molecule has 1 aliphatic rings. The topological polar surface area (TPSA) is 76.7 Å². The molecule has 6 nitrogen and oxygen atoms in total. The van der Waals surface area contributed by atoms with Gasteiger partial charge in [0.05, 0.1) is 0 Å². The van der Waals surface area contributed by atoms with E-state index in [4.69, 9.17) is 21.1 Å². The summed E-state index contributed by atoms with van der Waals surface area (Å²) in [6.07, 6.45) is 1.14. The number of amides is 3. The summed E-state index contributed by atoms with van der Waals surface area (Å²) in [4.78, 5) is 22.9. The molecule has 1 aromatic carbocycles. The monoisotopic (exact) mass is 268 g/mol. The Morgan fingerprint density at radius 2 is 1.94 bits per heavy atom. The molecule has 0 aromatic heterocycles. The van der Waals surface area contributed by atoms with Gasteiger partial charge in [0.2, 0.25) is 12.6 Å². The first-order valence-electron chi connectivity index (χ1n) is 4.97. The second-order valence-electron chi connectivity index (χ2n) is 3.33. The molecule has 0 unspecified atom stereocenters. The number of nitrogens with one attached hydrogen (secondary N) is 2. The van der Waals surface area contributed by atoms with Crippen LogP contribution in [0.2, 0.25) is 5.02 Å². The van der Waals surface area contributed by atoms with Gasteiger partial charge in [-0.3, -0.25) is 10.1 Å². The summed E-state index contributed by atoms with van der Waals surface area (Å²) < 4.78 is 9.51. The number of hydrogen-bond acceptors (Lipinski definition) is 4. The molecular formula is C11H9ClN2O4. The normalized spacial score (nSPS) is 13.1. The highest BCUT2D eigenvalue weighted by Crippen LogP contribution is 2.13. The molecule has 18 heavy (non-hydrogen) atoms. The zero-order chi connectivity index (χ0) is 13.0. The lowest BCUT2D eigenvalue weighted by Crippen LogP contribution is -2.35. The first-order valence-corrected chi connectivity index (χ1v) is 5.35. The van der Waals surface area contributed by atoms with Gasteiger partial charge in [0.25, 0.3) is 5.91 Å². The Kier molecular flexibility index (Phi) is 3.69. The molecule has 2 N–H and O–H groups in total. The van der Waals surface area contributed by atoms with Crippen molar-refractivity contribution in [2.75, 3.05) is 12.1 Å². The first kappa shape index (κ1) is 12.3. The van der Waals surface area contributed by atoms with Crippen LogP contribution in [0.5, 0.6) is 0 Å². The summed E-state index contributed by atoms with van der Waals surface area (Å²) in [6, 6.07) is 5.80. The molecule has 0 radical (unpaired) electrons. The zero-order valence-corrected chi connectivity index (χ0v) is 9.86. The van der Waals surface area contributed by atoms with E-state index in [2.05, 4.69) is 10.6 Å². The summed E-state index contributed by atoms with van der Waals surface area (Å²) >= 11 is 5.70. The van der Waals surface area contributed by atoms with Crippen LogP contribution in [0, 0.1) is 0 Å². The number of rotatable bonds is 2. The molecule has 3 amide bonds.